The van der Waals surface area contributed by atoms with Crippen LogP contribution in [0.4, 0.5) is 0 Å². The van der Waals surface area contributed by atoms with Gasteiger partial charge in [-0.2, -0.15) is 5.10 Å². The van der Waals surface area contributed by atoms with Crippen molar-refractivity contribution in [1.29, 1.82) is 0 Å². The summed E-state index contributed by atoms with van der Waals surface area (Å²) in [5.74, 6) is 0.0241. The van der Waals surface area contributed by atoms with Crippen LogP contribution >= 0.6 is 11.3 Å². The van der Waals surface area contributed by atoms with Crippen LogP contribution in [0.2, 0.25) is 0 Å². The van der Waals surface area contributed by atoms with E-state index in [1.54, 1.807) is 28.2 Å². The summed E-state index contributed by atoms with van der Waals surface area (Å²) in [7, 11) is 0. The topological polar surface area (TPSA) is 85.1 Å². The Hall–Kier alpha value is -3.13. The molecule has 8 heteroatoms. The molecule has 7 nitrogen and oxygen atoms in total. The molecule has 1 amide bonds. The summed E-state index contributed by atoms with van der Waals surface area (Å²) in [6.45, 7) is 0.433. The monoisotopic (exact) mass is 390 g/mol. The first-order valence-electron chi connectivity index (χ1n) is 9.22. The molecule has 5 rings (SSSR count). The molecule has 4 aromatic heterocycles. The Bertz CT molecular complexity index is 1140. The van der Waals surface area contributed by atoms with Crippen molar-refractivity contribution in [3.05, 3.63) is 65.3 Å². The third kappa shape index (κ3) is 3.16. The van der Waals surface area contributed by atoms with Crippen LogP contribution in [-0.2, 0) is 24.2 Å². The number of carbonyl (C=O) groups is 1. The van der Waals surface area contributed by atoms with Crippen molar-refractivity contribution < 1.29 is 4.79 Å². The summed E-state index contributed by atoms with van der Waals surface area (Å²) in [5.41, 5.74) is 3.83. The summed E-state index contributed by atoms with van der Waals surface area (Å²) >= 11 is 1.73. The average molecular weight is 390 g/mol. The number of pyridine rings is 2. The highest BCUT2D eigenvalue weighted by Crippen LogP contribution is 2.34. The van der Waals surface area contributed by atoms with Gasteiger partial charge in [-0.05, 0) is 37.1 Å². The Morgan fingerprint density at radius 2 is 2.14 bits per heavy atom. The van der Waals surface area contributed by atoms with E-state index in [4.69, 9.17) is 4.98 Å². The van der Waals surface area contributed by atoms with E-state index in [9.17, 15) is 4.79 Å². The van der Waals surface area contributed by atoms with Gasteiger partial charge in [0.1, 0.15) is 11.3 Å². The van der Waals surface area contributed by atoms with E-state index in [2.05, 4.69) is 20.4 Å². The number of aryl methyl sites for hydroxylation is 1. The second-order valence-corrected chi connectivity index (χ2v) is 7.91. The van der Waals surface area contributed by atoms with E-state index >= 15 is 0 Å². The number of nitrogens with zero attached hydrogens (tertiary/aromatic N) is 5. The van der Waals surface area contributed by atoms with Crippen molar-refractivity contribution in [3.8, 4) is 10.6 Å². The fourth-order valence-corrected chi connectivity index (χ4v) is 4.69. The molecule has 1 aliphatic carbocycles. The molecule has 1 atom stereocenters. The Kier molecular flexibility index (Phi) is 4.32. The standard InChI is InChI=1S/C20H18N6OS/c27-19(22-11-15-2-1-3-18-23-12-24-26(15)18)14-4-5-17-16(10-14)25-20(28-17)13-6-8-21-9-7-13/h1-3,6-9,12,14H,4-5,10-11H2,(H,22,27). The number of hydrogen-bond donors (Lipinski definition) is 1. The molecule has 0 fully saturated rings. The maximum Gasteiger partial charge on any atom is 0.223 e. The molecule has 140 valence electrons. The lowest BCUT2D eigenvalue weighted by Crippen LogP contribution is -2.34. The molecule has 0 spiro atoms. The van der Waals surface area contributed by atoms with E-state index in [-0.39, 0.29) is 11.8 Å². The molecular weight excluding hydrogens is 372 g/mol. The van der Waals surface area contributed by atoms with Crippen LogP contribution in [0.25, 0.3) is 16.2 Å². The van der Waals surface area contributed by atoms with Crippen LogP contribution in [0.15, 0.2) is 49.1 Å². The van der Waals surface area contributed by atoms with E-state index in [0.717, 1.165) is 40.4 Å². The molecule has 1 aliphatic rings. The molecule has 0 aromatic carbocycles. The predicted molar refractivity (Wildman–Crippen MR) is 106 cm³/mol. The van der Waals surface area contributed by atoms with Crippen molar-refractivity contribution in [1.82, 2.24) is 29.9 Å². The normalized spacial score (nSPS) is 16.1. The minimum atomic E-state index is -0.0464. The largest absolute Gasteiger partial charge is 0.350 e. The number of carbonyl (C=O) groups excluding carboxylic acids is 1. The van der Waals surface area contributed by atoms with Gasteiger partial charge in [-0.25, -0.2) is 14.5 Å². The third-order valence-electron chi connectivity index (χ3n) is 5.06. The van der Waals surface area contributed by atoms with E-state index in [1.807, 2.05) is 30.3 Å². The summed E-state index contributed by atoms with van der Waals surface area (Å²) < 4.78 is 1.75. The molecule has 4 aromatic rings. The van der Waals surface area contributed by atoms with Gasteiger partial charge in [0.15, 0.2) is 5.65 Å². The van der Waals surface area contributed by atoms with Gasteiger partial charge in [-0.1, -0.05) is 6.07 Å². The Balaban J connectivity index is 1.27. The zero-order valence-corrected chi connectivity index (χ0v) is 15.9. The molecule has 4 heterocycles. The summed E-state index contributed by atoms with van der Waals surface area (Å²) in [6.07, 6.45) is 7.52. The Morgan fingerprint density at radius 1 is 1.25 bits per heavy atom. The molecule has 0 bridgehead atoms. The molecule has 0 saturated carbocycles. The lowest BCUT2D eigenvalue weighted by atomic mass is 9.90. The SMILES string of the molecule is O=C(NCc1cccc2ncnn12)C1CCc2sc(-c3ccncc3)nc2C1. The quantitative estimate of drug-likeness (QED) is 0.579. The van der Waals surface area contributed by atoms with Gasteiger partial charge >= 0.3 is 0 Å². The second kappa shape index (κ2) is 7.12. The van der Waals surface area contributed by atoms with E-state index in [0.29, 0.717) is 13.0 Å². The van der Waals surface area contributed by atoms with Gasteiger partial charge in [0.2, 0.25) is 5.91 Å². The Labute approximate surface area is 165 Å². The molecule has 28 heavy (non-hydrogen) atoms. The summed E-state index contributed by atoms with van der Waals surface area (Å²) in [4.78, 5) is 27.1. The van der Waals surface area contributed by atoms with Gasteiger partial charge in [0.05, 0.1) is 17.9 Å². The first-order chi connectivity index (χ1) is 13.8. The van der Waals surface area contributed by atoms with Crippen molar-refractivity contribution in [2.45, 2.75) is 25.8 Å². The van der Waals surface area contributed by atoms with Gasteiger partial charge < -0.3 is 5.32 Å². The zero-order chi connectivity index (χ0) is 18.9. The molecule has 0 aliphatic heterocycles. The molecule has 1 N–H and O–H groups in total. The highest BCUT2D eigenvalue weighted by molar-refractivity contribution is 7.15. The molecule has 0 saturated heterocycles. The second-order valence-electron chi connectivity index (χ2n) is 6.83. The number of fused-ring (bicyclic) bond motifs is 2. The highest BCUT2D eigenvalue weighted by atomic mass is 32.1. The number of thiazole rings is 1. The molecular formula is C20H18N6OS. The number of hydrogen-bond acceptors (Lipinski definition) is 6. The summed E-state index contributed by atoms with van der Waals surface area (Å²) in [6, 6.07) is 9.71. The lowest BCUT2D eigenvalue weighted by molar-refractivity contribution is -0.125. The molecule has 1 unspecified atom stereocenters. The van der Waals surface area contributed by atoms with Crippen LogP contribution in [0.5, 0.6) is 0 Å². The first kappa shape index (κ1) is 17.0. The van der Waals surface area contributed by atoms with Crippen molar-refractivity contribution >= 4 is 22.9 Å². The van der Waals surface area contributed by atoms with Crippen molar-refractivity contribution in [3.63, 3.8) is 0 Å². The van der Waals surface area contributed by atoms with Crippen LogP contribution in [0.3, 0.4) is 0 Å². The Morgan fingerprint density at radius 3 is 3.04 bits per heavy atom. The van der Waals surface area contributed by atoms with E-state index < -0.39 is 0 Å². The first-order valence-corrected chi connectivity index (χ1v) is 10.0. The number of amides is 1. The van der Waals surface area contributed by atoms with Crippen LogP contribution in [0.1, 0.15) is 22.7 Å². The fraction of sp³-hybridized carbons (Fsp3) is 0.250. The minimum absolute atomic E-state index is 0.0464. The third-order valence-corrected chi connectivity index (χ3v) is 6.27. The van der Waals surface area contributed by atoms with Gasteiger partial charge in [0.25, 0.3) is 0 Å². The maximum atomic E-state index is 12.7. The smallest absolute Gasteiger partial charge is 0.223 e. The number of nitrogens with one attached hydrogen (secondary N) is 1. The predicted octanol–water partition coefficient (Wildman–Crippen LogP) is 2.67. The highest BCUT2D eigenvalue weighted by Gasteiger charge is 2.27. The van der Waals surface area contributed by atoms with Gasteiger partial charge in [0, 0.05) is 35.2 Å². The summed E-state index contributed by atoms with van der Waals surface area (Å²) in [5, 5.41) is 8.28. The van der Waals surface area contributed by atoms with Crippen LogP contribution in [-0.4, -0.2) is 30.5 Å². The fourth-order valence-electron chi connectivity index (χ4n) is 3.58. The minimum Gasteiger partial charge on any atom is -0.350 e. The number of rotatable bonds is 4. The van der Waals surface area contributed by atoms with Gasteiger partial charge in [-0.3, -0.25) is 9.78 Å². The average Bonchev–Trinajstić information content (AvgIpc) is 3.39. The number of aromatic nitrogens is 5. The van der Waals surface area contributed by atoms with Crippen LogP contribution in [0, 0.1) is 5.92 Å². The van der Waals surface area contributed by atoms with Crippen molar-refractivity contribution in [2.24, 2.45) is 5.92 Å². The van der Waals surface area contributed by atoms with E-state index in [1.165, 1.54) is 11.2 Å². The van der Waals surface area contributed by atoms with Gasteiger partial charge in [-0.15, -0.1) is 11.3 Å². The molecule has 0 radical (unpaired) electrons. The van der Waals surface area contributed by atoms with Crippen LogP contribution < -0.4 is 5.32 Å². The zero-order valence-electron chi connectivity index (χ0n) is 15.1. The maximum absolute atomic E-state index is 12.7. The lowest BCUT2D eigenvalue weighted by Gasteiger charge is -2.20. The van der Waals surface area contributed by atoms with Crippen molar-refractivity contribution in [2.75, 3.05) is 0 Å².